The van der Waals surface area contributed by atoms with E-state index in [1.807, 2.05) is 12.3 Å². The molecule has 0 aliphatic carbocycles. The number of fused-ring (bicyclic) bond motifs is 1. The Morgan fingerprint density at radius 1 is 1.04 bits per heavy atom. The summed E-state index contributed by atoms with van der Waals surface area (Å²) in [6.45, 7) is 6.55. The molecule has 0 amide bonds. The monoisotopic (exact) mass is 376 g/mol. The van der Waals surface area contributed by atoms with Crippen molar-refractivity contribution >= 4 is 0 Å². The Hall–Kier alpha value is -2.37. The summed E-state index contributed by atoms with van der Waals surface area (Å²) in [6, 6.07) is 15.0. The second-order valence-electron chi connectivity index (χ2n) is 8.54. The number of hydrogen-bond donors (Lipinski definition) is 1. The molecule has 146 valence electrons. The lowest BCUT2D eigenvalue weighted by atomic mass is 9.76. The van der Waals surface area contributed by atoms with E-state index in [2.05, 4.69) is 56.2 Å². The van der Waals surface area contributed by atoms with E-state index in [0.29, 0.717) is 11.3 Å². The van der Waals surface area contributed by atoms with E-state index in [1.165, 1.54) is 24.2 Å². The zero-order chi connectivity index (χ0) is 18.8. The van der Waals surface area contributed by atoms with Crippen LogP contribution in [0.3, 0.4) is 0 Å². The molecule has 5 nitrogen and oxygen atoms in total. The summed E-state index contributed by atoms with van der Waals surface area (Å²) in [5, 5.41) is 0. The van der Waals surface area contributed by atoms with Crippen LogP contribution in [0.1, 0.15) is 23.4 Å². The maximum Gasteiger partial charge on any atom is 0.117 e. The first-order valence-corrected chi connectivity index (χ1v) is 10.3. The molecule has 2 aromatic heterocycles. The summed E-state index contributed by atoms with van der Waals surface area (Å²) in [7, 11) is 0. The summed E-state index contributed by atoms with van der Waals surface area (Å²) >= 11 is 0. The topological polar surface area (TPSA) is 48.3 Å². The highest BCUT2D eigenvalue weighted by molar-refractivity contribution is 5.16. The van der Waals surface area contributed by atoms with Crippen LogP contribution in [0.2, 0.25) is 0 Å². The highest BCUT2D eigenvalue weighted by atomic mass is 16.3. The van der Waals surface area contributed by atoms with E-state index < -0.39 is 0 Å². The van der Waals surface area contributed by atoms with Gasteiger partial charge in [0, 0.05) is 50.0 Å². The van der Waals surface area contributed by atoms with Crippen LogP contribution in [-0.2, 0) is 19.5 Å². The minimum absolute atomic E-state index is 0.364. The quantitative estimate of drug-likeness (QED) is 0.685. The summed E-state index contributed by atoms with van der Waals surface area (Å²) in [5.41, 5.74) is 3.03. The third kappa shape index (κ3) is 3.64. The average Bonchev–Trinajstić information content (AvgIpc) is 3.47. The molecule has 2 fully saturated rings. The first-order valence-electron chi connectivity index (χ1n) is 10.3. The lowest BCUT2D eigenvalue weighted by molar-refractivity contribution is 0.188. The van der Waals surface area contributed by atoms with Gasteiger partial charge in [-0.15, -0.1) is 0 Å². The van der Waals surface area contributed by atoms with Gasteiger partial charge in [-0.3, -0.25) is 9.80 Å². The van der Waals surface area contributed by atoms with E-state index in [-0.39, 0.29) is 0 Å². The molecule has 5 rings (SSSR count). The predicted octanol–water partition coefficient (Wildman–Crippen LogP) is 3.57. The number of aromatic nitrogens is 2. The predicted molar refractivity (Wildman–Crippen MR) is 109 cm³/mol. The number of likely N-dealkylation sites (tertiary alicyclic amines) is 2. The molecule has 3 aromatic rings. The van der Waals surface area contributed by atoms with Crippen molar-refractivity contribution in [2.45, 2.75) is 25.9 Å². The molecular formula is C23H28N4O. The number of nitrogens with zero attached hydrogens (tertiary/aromatic N) is 3. The van der Waals surface area contributed by atoms with Gasteiger partial charge in [0.25, 0.3) is 0 Å². The van der Waals surface area contributed by atoms with Gasteiger partial charge >= 0.3 is 0 Å². The number of hydrogen-bond acceptors (Lipinski definition) is 4. The molecule has 5 heteroatoms. The summed E-state index contributed by atoms with van der Waals surface area (Å²) in [5.74, 6) is 1.79. The van der Waals surface area contributed by atoms with Crippen LogP contribution in [-0.4, -0.2) is 45.9 Å². The van der Waals surface area contributed by atoms with Crippen molar-refractivity contribution in [2.24, 2.45) is 11.3 Å². The van der Waals surface area contributed by atoms with Crippen LogP contribution in [0.25, 0.3) is 0 Å². The summed E-state index contributed by atoms with van der Waals surface area (Å²) in [6.07, 6.45) is 7.92. The Kier molecular flexibility index (Phi) is 4.79. The zero-order valence-corrected chi connectivity index (χ0v) is 16.3. The first-order chi connectivity index (χ1) is 13.8. The number of rotatable bonds is 7. The second-order valence-corrected chi connectivity index (χ2v) is 8.54. The van der Waals surface area contributed by atoms with Gasteiger partial charge in [-0.25, -0.2) is 4.98 Å². The standard InChI is InChI=1S/C23H28N4O/c1-2-5-19(6-3-1)8-9-23-16-26(14-21-11-24-18-25-21)12-20(23)13-27(17-23)15-22-7-4-10-28-22/h1-7,10-11,18,20H,8-9,12-17H2,(H,24,25). The van der Waals surface area contributed by atoms with Crippen molar-refractivity contribution in [1.29, 1.82) is 0 Å². The molecule has 4 heterocycles. The Labute approximate surface area is 166 Å². The summed E-state index contributed by atoms with van der Waals surface area (Å²) < 4.78 is 5.61. The van der Waals surface area contributed by atoms with Gasteiger partial charge < -0.3 is 9.40 Å². The molecule has 28 heavy (non-hydrogen) atoms. The second kappa shape index (κ2) is 7.57. The highest BCUT2D eigenvalue weighted by Gasteiger charge is 2.51. The summed E-state index contributed by atoms with van der Waals surface area (Å²) in [4.78, 5) is 12.7. The first kappa shape index (κ1) is 17.7. The van der Waals surface area contributed by atoms with Crippen molar-refractivity contribution in [2.75, 3.05) is 26.2 Å². The van der Waals surface area contributed by atoms with Crippen molar-refractivity contribution in [3.8, 4) is 0 Å². The van der Waals surface area contributed by atoms with Gasteiger partial charge in [-0.1, -0.05) is 30.3 Å². The molecule has 1 aromatic carbocycles. The maximum atomic E-state index is 5.61. The van der Waals surface area contributed by atoms with Crippen molar-refractivity contribution < 1.29 is 4.42 Å². The Bertz CT molecular complexity index is 811. The van der Waals surface area contributed by atoms with Crippen LogP contribution >= 0.6 is 0 Å². The van der Waals surface area contributed by atoms with Crippen molar-refractivity contribution in [3.05, 3.63) is 78.3 Å². The van der Waals surface area contributed by atoms with E-state index in [0.717, 1.165) is 44.9 Å². The van der Waals surface area contributed by atoms with Gasteiger partial charge in [0.2, 0.25) is 0 Å². The lowest BCUT2D eigenvalue weighted by Crippen LogP contribution is -2.34. The fourth-order valence-corrected chi connectivity index (χ4v) is 5.27. The number of aromatic amines is 1. The minimum atomic E-state index is 0.364. The Balaban J connectivity index is 1.30. The number of furan rings is 1. The van der Waals surface area contributed by atoms with Crippen LogP contribution in [0.15, 0.2) is 65.7 Å². The van der Waals surface area contributed by atoms with Gasteiger partial charge in [0.05, 0.1) is 19.1 Å². The third-order valence-electron chi connectivity index (χ3n) is 6.56. The molecule has 0 saturated carbocycles. The van der Waals surface area contributed by atoms with Gasteiger partial charge in [-0.05, 0) is 36.5 Å². The maximum absolute atomic E-state index is 5.61. The molecule has 2 aliphatic heterocycles. The molecular weight excluding hydrogens is 348 g/mol. The highest BCUT2D eigenvalue weighted by Crippen LogP contribution is 2.46. The number of benzene rings is 1. The van der Waals surface area contributed by atoms with E-state index in [9.17, 15) is 0 Å². The SMILES string of the molecule is c1ccc(CCC23CN(Cc4cnc[nH]4)CC2CN(Cc2ccco2)C3)cc1. The fraction of sp³-hybridized carbons (Fsp3) is 0.435. The van der Waals surface area contributed by atoms with Gasteiger partial charge in [0.15, 0.2) is 0 Å². The number of imidazole rings is 1. The largest absolute Gasteiger partial charge is 0.468 e. The third-order valence-corrected chi connectivity index (χ3v) is 6.56. The average molecular weight is 377 g/mol. The number of H-pyrrole nitrogens is 1. The minimum Gasteiger partial charge on any atom is -0.468 e. The van der Waals surface area contributed by atoms with Crippen molar-refractivity contribution in [3.63, 3.8) is 0 Å². The van der Waals surface area contributed by atoms with Crippen LogP contribution in [0, 0.1) is 11.3 Å². The molecule has 2 saturated heterocycles. The van der Waals surface area contributed by atoms with Crippen LogP contribution in [0.4, 0.5) is 0 Å². The smallest absolute Gasteiger partial charge is 0.117 e. The normalized spacial score (nSPS) is 25.4. The number of aryl methyl sites for hydroxylation is 1. The number of nitrogens with one attached hydrogen (secondary N) is 1. The molecule has 1 N–H and O–H groups in total. The molecule has 2 aliphatic rings. The molecule has 0 radical (unpaired) electrons. The van der Waals surface area contributed by atoms with Gasteiger partial charge in [-0.2, -0.15) is 0 Å². The Morgan fingerprint density at radius 2 is 1.86 bits per heavy atom. The van der Waals surface area contributed by atoms with E-state index in [1.54, 1.807) is 12.6 Å². The van der Waals surface area contributed by atoms with Crippen molar-refractivity contribution in [1.82, 2.24) is 19.8 Å². The molecule has 0 spiro atoms. The molecule has 2 unspecified atom stereocenters. The molecule has 2 atom stereocenters. The van der Waals surface area contributed by atoms with E-state index in [4.69, 9.17) is 4.42 Å². The van der Waals surface area contributed by atoms with Gasteiger partial charge in [0.1, 0.15) is 5.76 Å². The molecule has 0 bridgehead atoms. The Morgan fingerprint density at radius 3 is 2.57 bits per heavy atom. The lowest BCUT2D eigenvalue weighted by Gasteiger charge is -2.29. The van der Waals surface area contributed by atoms with Crippen LogP contribution in [0.5, 0.6) is 0 Å². The van der Waals surface area contributed by atoms with Crippen LogP contribution < -0.4 is 0 Å². The fourth-order valence-electron chi connectivity index (χ4n) is 5.27. The zero-order valence-electron chi connectivity index (χ0n) is 16.3. The van der Waals surface area contributed by atoms with E-state index >= 15 is 0 Å².